The summed E-state index contributed by atoms with van der Waals surface area (Å²) in [6.07, 6.45) is 3.70. The van der Waals surface area contributed by atoms with Crippen LogP contribution < -0.4 is 5.32 Å². The summed E-state index contributed by atoms with van der Waals surface area (Å²) in [6, 6.07) is 7.30. The average Bonchev–Trinajstić information content (AvgIpc) is 2.83. The summed E-state index contributed by atoms with van der Waals surface area (Å²) in [4.78, 5) is 16.5. The van der Waals surface area contributed by atoms with Gasteiger partial charge in [-0.05, 0) is 37.8 Å². The second-order valence-electron chi connectivity index (χ2n) is 5.20. The first-order chi connectivity index (χ1) is 9.74. The molecule has 1 aromatic heterocycles. The van der Waals surface area contributed by atoms with Gasteiger partial charge in [-0.25, -0.2) is 0 Å². The van der Waals surface area contributed by atoms with Crippen LogP contribution in [-0.4, -0.2) is 22.6 Å². The van der Waals surface area contributed by atoms with E-state index in [2.05, 4.69) is 15.5 Å². The van der Waals surface area contributed by atoms with Crippen LogP contribution >= 0.6 is 0 Å². The van der Waals surface area contributed by atoms with Gasteiger partial charge in [-0.2, -0.15) is 4.98 Å². The maximum absolute atomic E-state index is 12.3. The molecule has 0 saturated heterocycles. The van der Waals surface area contributed by atoms with Gasteiger partial charge in [-0.15, -0.1) is 0 Å². The summed E-state index contributed by atoms with van der Waals surface area (Å²) < 4.78 is 5.16. The van der Waals surface area contributed by atoms with Gasteiger partial charge in [0.25, 0.3) is 11.8 Å². The minimum absolute atomic E-state index is 0.0802. The number of hydrogen-bond donors (Lipinski definition) is 1. The Morgan fingerprint density at radius 2 is 2.20 bits per heavy atom. The van der Waals surface area contributed by atoms with E-state index in [4.69, 9.17) is 4.52 Å². The predicted octanol–water partition coefficient (Wildman–Crippen LogP) is 2.57. The lowest BCUT2D eigenvalue weighted by Crippen LogP contribution is -2.32. The molecule has 1 saturated carbocycles. The topological polar surface area (TPSA) is 68.0 Å². The van der Waals surface area contributed by atoms with Crippen molar-refractivity contribution in [2.24, 2.45) is 5.92 Å². The Morgan fingerprint density at radius 1 is 1.40 bits per heavy atom. The molecule has 1 heterocycles. The zero-order valence-corrected chi connectivity index (χ0v) is 11.4. The third-order valence-corrected chi connectivity index (χ3v) is 3.71. The molecule has 0 unspecified atom stereocenters. The highest BCUT2D eigenvalue weighted by Gasteiger charge is 2.20. The van der Waals surface area contributed by atoms with Crippen molar-refractivity contribution >= 4 is 5.91 Å². The van der Waals surface area contributed by atoms with Crippen molar-refractivity contribution in [3.8, 4) is 11.5 Å². The molecule has 5 nitrogen and oxygen atoms in total. The van der Waals surface area contributed by atoms with Crippen LogP contribution in [-0.2, 0) is 0 Å². The second-order valence-corrected chi connectivity index (χ2v) is 5.20. The molecular formula is C15H17N3O2. The molecule has 1 N–H and O–H groups in total. The molecule has 1 aliphatic rings. The number of benzene rings is 1. The van der Waals surface area contributed by atoms with Crippen LogP contribution in [0.5, 0.6) is 0 Å². The Balaban J connectivity index is 1.79. The number of amides is 1. The lowest BCUT2D eigenvalue weighted by atomic mass is 9.85. The molecule has 20 heavy (non-hydrogen) atoms. The van der Waals surface area contributed by atoms with Crippen LogP contribution in [0, 0.1) is 12.8 Å². The van der Waals surface area contributed by atoms with Crippen molar-refractivity contribution in [2.45, 2.75) is 26.2 Å². The summed E-state index contributed by atoms with van der Waals surface area (Å²) in [7, 11) is 0. The minimum atomic E-state index is -0.0802. The minimum Gasteiger partial charge on any atom is -0.352 e. The summed E-state index contributed by atoms with van der Waals surface area (Å²) in [5, 5.41) is 6.76. The van der Waals surface area contributed by atoms with E-state index in [9.17, 15) is 4.79 Å². The molecule has 2 aromatic rings. The SMILES string of the molecule is Cc1noc(-c2ccccc2C(=O)NCC2CCC2)n1. The lowest BCUT2D eigenvalue weighted by Gasteiger charge is -2.25. The molecular weight excluding hydrogens is 254 g/mol. The fraction of sp³-hybridized carbons (Fsp3) is 0.400. The van der Waals surface area contributed by atoms with Crippen molar-refractivity contribution in [3.63, 3.8) is 0 Å². The smallest absolute Gasteiger partial charge is 0.258 e. The first-order valence-electron chi connectivity index (χ1n) is 6.92. The summed E-state index contributed by atoms with van der Waals surface area (Å²) in [5.74, 6) is 1.50. The van der Waals surface area contributed by atoms with Crippen LogP contribution in [0.25, 0.3) is 11.5 Å². The van der Waals surface area contributed by atoms with Gasteiger partial charge in [0.15, 0.2) is 5.82 Å². The van der Waals surface area contributed by atoms with Gasteiger partial charge in [-0.1, -0.05) is 23.7 Å². The van der Waals surface area contributed by atoms with Crippen molar-refractivity contribution < 1.29 is 9.32 Å². The first-order valence-corrected chi connectivity index (χ1v) is 6.92. The monoisotopic (exact) mass is 271 g/mol. The fourth-order valence-electron chi connectivity index (χ4n) is 2.30. The average molecular weight is 271 g/mol. The molecule has 0 atom stereocenters. The Bertz CT molecular complexity index is 617. The Labute approximate surface area is 117 Å². The van der Waals surface area contributed by atoms with E-state index in [0.29, 0.717) is 28.8 Å². The third-order valence-electron chi connectivity index (χ3n) is 3.71. The molecule has 3 rings (SSSR count). The number of carbonyl (C=O) groups is 1. The largest absolute Gasteiger partial charge is 0.352 e. The van der Waals surface area contributed by atoms with Crippen LogP contribution in [0.4, 0.5) is 0 Å². The zero-order valence-electron chi connectivity index (χ0n) is 11.4. The molecule has 104 valence electrons. The van der Waals surface area contributed by atoms with Gasteiger partial charge in [0.05, 0.1) is 11.1 Å². The van der Waals surface area contributed by atoms with Crippen LogP contribution in [0.3, 0.4) is 0 Å². The predicted molar refractivity (Wildman–Crippen MR) is 74.1 cm³/mol. The maximum atomic E-state index is 12.3. The summed E-state index contributed by atoms with van der Waals surface area (Å²) in [5.41, 5.74) is 1.26. The standard InChI is InChI=1S/C15H17N3O2/c1-10-17-15(20-18-10)13-8-3-2-7-12(13)14(19)16-9-11-5-4-6-11/h2-3,7-8,11H,4-6,9H2,1H3,(H,16,19). The lowest BCUT2D eigenvalue weighted by molar-refractivity contribution is 0.0939. The molecule has 0 bridgehead atoms. The molecule has 0 radical (unpaired) electrons. The molecule has 1 aliphatic carbocycles. The number of hydrogen-bond acceptors (Lipinski definition) is 4. The van der Waals surface area contributed by atoms with Crippen LogP contribution in [0.15, 0.2) is 28.8 Å². The van der Waals surface area contributed by atoms with Gasteiger partial charge in [0.1, 0.15) is 0 Å². The molecule has 0 aliphatic heterocycles. The van der Waals surface area contributed by atoms with Crippen molar-refractivity contribution in [1.82, 2.24) is 15.5 Å². The van der Waals surface area contributed by atoms with Crippen LogP contribution in [0.2, 0.25) is 0 Å². The Hall–Kier alpha value is -2.17. The highest BCUT2D eigenvalue weighted by Crippen LogP contribution is 2.26. The number of nitrogens with zero attached hydrogens (tertiary/aromatic N) is 2. The van der Waals surface area contributed by atoms with E-state index >= 15 is 0 Å². The Morgan fingerprint density at radius 3 is 2.85 bits per heavy atom. The fourth-order valence-corrected chi connectivity index (χ4v) is 2.30. The number of carbonyl (C=O) groups excluding carboxylic acids is 1. The van der Waals surface area contributed by atoms with Crippen molar-refractivity contribution in [1.29, 1.82) is 0 Å². The van der Waals surface area contributed by atoms with E-state index in [-0.39, 0.29) is 5.91 Å². The zero-order chi connectivity index (χ0) is 13.9. The quantitative estimate of drug-likeness (QED) is 0.928. The Kier molecular flexibility index (Phi) is 3.50. The van der Waals surface area contributed by atoms with E-state index in [1.807, 2.05) is 18.2 Å². The number of aromatic nitrogens is 2. The molecule has 0 spiro atoms. The maximum Gasteiger partial charge on any atom is 0.258 e. The summed E-state index contributed by atoms with van der Waals surface area (Å²) in [6.45, 7) is 2.50. The normalized spacial score (nSPS) is 14.8. The molecule has 1 aromatic carbocycles. The van der Waals surface area contributed by atoms with Crippen molar-refractivity contribution in [3.05, 3.63) is 35.7 Å². The van der Waals surface area contributed by atoms with Gasteiger partial charge < -0.3 is 9.84 Å². The van der Waals surface area contributed by atoms with Gasteiger partial charge in [0, 0.05) is 6.54 Å². The third kappa shape index (κ3) is 2.57. The second kappa shape index (κ2) is 5.45. The number of rotatable bonds is 4. The van der Waals surface area contributed by atoms with E-state index < -0.39 is 0 Å². The number of nitrogens with one attached hydrogen (secondary N) is 1. The molecule has 5 heteroatoms. The molecule has 1 amide bonds. The first kappa shape index (κ1) is 12.8. The van der Waals surface area contributed by atoms with E-state index in [1.165, 1.54) is 19.3 Å². The van der Waals surface area contributed by atoms with E-state index in [0.717, 1.165) is 6.54 Å². The van der Waals surface area contributed by atoms with Crippen molar-refractivity contribution in [2.75, 3.05) is 6.54 Å². The van der Waals surface area contributed by atoms with E-state index in [1.54, 1.807) is 13.0 Å². The number of aryl methyl sites for hydroxylation is 1. The summed E-state index contributed by atoms with van der Waals surface area (Å²) >= 11 is 0. The van der Waals surface area contributed by atoms with Gasteiger partial charge >= 0.3 is 0 Å². The van der Waals surface area contributed by atoms with Crippen LogP contribution in [0.1, 0.15) is 35.4 Å². The highest BCUT2D eigenvalue weighted by atomic mass is 16.5. The van der Waals surface area contributed by atoms with Gasteiger partial charge in [0.2, 0.25) is 0 Å². The van der Waals surface area contributed by atoms with Gasteiger partial charge in [-0.3, -0.25) is 4.79 Å². The highest BCUT2D eigenvalue weighted by molar-refractivity contribution is 5.99. The molecule has 1 fully saturated rings.